The second kappa shape index (κ2) is 34.8. The van der Waals surface area contributed by atoms with Gasteiger partial charge < -0.3 is 14.2 Å². The first-order chi connectivity index (χ1) is 22.0. The topological polar surface area (TPSA) is 78.9 Å². The highest BCUT2D eigenvalue weighted by Gasteiger charge is 2.19. The molecule has 45 heavy (non-hydrogen) atoms. The molecule has 0 aromatic rings. The lowest BCUT2D eigenvalue weighted by Gasteiger charge is -2.18. The Morgan fingerprint density at radius 3 is 1.31 bits per heavy atom. The smallest absolute Gasteiger partial charge is 0.306 e. The lowest BCUT2D eigenvalue weighted by atomic mass is 10.1. The van der Waals surface area contributed by atoms with E-state index in [9.17, 15) is 14.4 Å². The van der Waals surface area contributed by atoms with Gasteiger partial charge in [-0.3, -0.25) is 14.4 Å². The molecule has 1 unspecified atom stereocenters. The van der Waals surface area contributed by atoms with Crippen LogP contribution in [0.5, 0.6) is 0 Å². The maximum Gasteiger partial charge on any atom is 0.306 e. The minimum atomic E-state index is -0.765. The number of esters is 3. The Balaban J connectivity index is 4.32. The molecule has 0 aliphatic rings. The molecule has 0 fully saturated rings. The van der Waals surface area contributed by atoms with Gasteiger partial charge in [-0.2, -0.15) is 0 Å². The standard InChI is InChI=1S/C39H70O6/c1-4-7-10-13-16-18-19-20-21-22-24-26-29-32-38(41)44-35-36(34-43-37(40)31-28-25-15-12-9-6-3)45-39(42)33-30-27-23-17-14-11-8-5-2/h10,13,18-19,36H,4-9,11-12,14-17,20-35H2,1-3H3/b13-10-,19-18-. The molecule has 0 bridgehead atoms. The Labute approximate surface area is 277 Å². The molecule has 0 saturated heterocycles. The summed E-state index contributed by atoms with van der Waals surface area (Å²) >= 11 is 0. The second-order valence-corrected chi connectivity index (χ2v) is 12.5. The van der Waals surface area contributed by atoms with E-state index in [4.69, 9.17) is 14.2 Å². The fourth-order valence-electron chi connectivity index (χ4n) is 5.07. The molecule has 0 aromatic heterocycles. The average Bonchev–Trinajstić information content (AvgIpc) is 3.03. The number of hydrogen-bond acceptors (Lipinski definition) is 6. The molecule has 0 spiro atoms. The predicted molar refractivity (Wildman–Crippen MR) is 187 cm³/mol. The summed E-state index contributed by atoms with van der Waals surface area (Å²) in [6.07, 6.45) is 34.7. The van der Waals surface area contributed by atoms with Gasteiger partial charge in [0.05, 0.1) is 0 Å². The second-order valence-electron chi connectivity index (χ2n) is 12.5. The number of rotatable bonds is 33. The van der Waals surface area contributed by atoms with Gasteiger partial charge in [-0.05, 0) is 44.9 Å². The minimum absolute atomic E-state index is 0.0748. The molecule has 0 heterocycles. The van der Waals surface area contributed by atoms with Crippen LogP contribution in [0.4, 0.5) is 0 Å². The van der Waals surface area contributed by atoms with E-state index in [1.165, 1.54) is 64.2 Å². The van der Waals surface area contributed by atoms with Gasteiger partial charge in [0.2, 0.25) is 0 Å². The minimum Gasteiger partial charge on any atom is -0.462 e. The molecule has 1 atom stereocenters. The van der Waals surface area contributed by atoms with Crippen LogP contribution >= 0.6 is 0 Å². The summed E-state index contributed by atoms with van der Waals surface area (Å²) in [5.74, 6) is -0.909. The van der Waals surface area contributed by atoms with Crippen molar-refractivity contribution in [3.05, 3.63) is 24.3 Å². The van der Waals surface area contributed by atoms with Gasteiger partial charge in [0, 0.05) is 19.3 Å². The summed E-state index contributed by atoms with van der Waals surface area (Å²) in [7, 11) is 0. The summed E-state index contributed by atoms with van der Waals surface area (Å²) in [6, 6.07) is 0. The van der Waals surface area contributed by atoms with Crippen LogP contribution < -0.4 is 0 Å². The third-order valence-electron chi connectivity index (χ3n) is 7.94. The number of unbranched alkanes of at least 4 members (excludes halogenated alkanes) is 18. The zero-order valence-corrected chi connectivity index (χ0v) is 29.6. The van der Waals surface area contributed by atoms with Gasteiger partial charge in [0.1, 0.15) is 13.2 Å². The molecule has 6 heteroatoms. The quantitative estimate of drug-likeness (QED) is 0.0309. The molecule has 0 N–H and O–H groups in total. The molecule has 6 nitrogen and oxygen atoms in total. The molecule has 0 rings (SSSR count). The van der Waals surface area contributed by atoms with Crippen molar-refractivity contribution in [1.82, 2.24) is 0 Å². The predicted octanol–water partition coefficient (Wildman–Crippen LogP) is 11.3. The van der Waals surface area contributed by atoms with Crippen LogP contribution in [0.2, 0.25) is 0 Å². The Morgan fingerprint density at radius 2 is 0.844 bits per heavy atom. The summed E-state index contributed by atoms with van der Waals surface area (Å²) in [5.41, 5.74) is 0. The van der Waals surface area contributed by atoms with E-state index in [1.807, 2.05) is 0 Å². The molecule has 0 amide bonds. The molecule has 0 radical (unpaired) electrons. The maximum absolute atomic E-state index is 12.5. The lowest BCUT2D eigenvalue weighted by Crippen LogP contribution is -2.30. The van der Waals surface area contributed by atoms with Crippen molar-refractivity contribution in [1.29, 1.82) is 0 Å². The summed E-state index contributed by atoms with van der Waals surface area (Å²) in [6.45, 7) is 6.44. The van der Waals surface area contributed by atoms with Gasteiger partial charge >= 0.3 is 17.9 Å². The molecular weight excluding hydrogens is 564 g/mol. The maximum atomic E-state index is 12.5. The van der Waals surface area contributed by atoms with E-state index in [-0.39, 0.29) is 31.1 Å². The van der Waals surface area contributed by atoms with Crippen molar-refractivity contribution in [2.45, 2.75) is 194 Å². The van der Waals surface area contributed by atoms with Crippen LogP contribution in [-0.2, 0) is 28.6 Å². The summed E-state index contributed by atoms with van der Waals surface area (Å²) < 4.78 is 16.5. The first kappa shape index (κ1) is 42.9. The van der Waals surface area contributed by atoms with E-state index in [0.717, 1.165) is 83.5 Å². The first-order valence-corrected chi connectivity index (χ1v) is 18.8. The molecule has 0 aromatic carbocycles. The van der Waals surface area contributed by atoms with E-state index in [0.29, 0.717) is 19.3 Å². The fourth-order valence-corrected chi connectivity index (χ4v) is 5.07. The van der Waals surface area contributed by atoms with Gasteiger partial charge in [0.15, 0.2) is 6.10 Å². The fraction of sp³-hybridized carbons (Fsp3) is 0.821. The Morgan fingerprint density at radius 1 is 0.444 bits per heavy atom. The highest BCUT2D eigenvalue weighted by atomic mass is 16.6. The van der Waals surface area contributed by atoms with Crippen LogP contribution in [0.3, 0.4) is 0 Å². The van der Waals surface area contributed by atoms with Crippen LogP contribution in [0.15, 0.2) is 24.3 Å². The zero-order chi connectivity index (χ0) is 33.1. The number of ether oxygens (including phenoxy) is 3. The van der Waals surface area contributed by atoms with Crippen molar-refractivity contribution in [2.75, 3.05) is 13.2 Å². The molecule has 0 aliphatic carbocycles. The molecule has 0 saturated carbocycles. The van der Waals surface area contributed by atoms with E-state index in [1.54, 1.807) is 0 Å². The van der Waals surface area contributed by atoms with Gasteiger partial charge in [0.25, 0.3) is 0 Å². The van der Waals surface area contributed by atoms with Crippen molar-refractivity contribution < 1.29 is 28.6 Å². The van der Waals surface area contributed by atoms with Crippen LogP contribution in [0, 0.1) is 0 Å². The zero-order valence-electron chi connectivity index (χ0n) is 29.6. The third-order valence-corrected chi connectivity index (χ3v) is 7.94. The molecule has 0 aliphatic heterocycles. The number of allylic oxidation sites excluding steroid dienone is 4. The summed E-state index contributed by atoms with van der Waals surface area (Å²) in [5, 5.41) is 0. The summed E-state index contributed by atoms with van der Waals surface area (Å²) in [4.78, 5) is 37.2. The van der Waals surface area contributed by atoms with E-state index < -0.39 is 6.10 Å². The highest BCUT2D eigenvalue weighted by Crippen LogP contribution is 2.13. The third kappa shape index (κ3) is 33.1. The molecular formula is C39H70O6. The normalized spacial score (nSPS) is 12.2. The van der Waals surface area contributed by atoms with Crippen LogP contribution in [0.1, 0.15) is 188 Å². The van der Waals surface area contributed by atoms with E-state index >= 15 is 0 Å². The Kier molecular flexibility index (Phi) is 33.1. The van der Waals surface area contributed by atoms with Crippen molar-refractivity contribution in [2.24, 2.45) is 0 Å². The largest absolute Gasteiger partial charge is 0.462 e. The highest BCUT2D eigenvalue weighted by molar-refractivity contribution is 5.71. The first-order valence-electron chi connectivity index (χ1n) is 18.8. The van der Waals surface area contributed by atoms with Crippen molar-refractivity contribution >= 4 is 17.9 Å². The van der Waals surface area contributed by atoms with Crippen molar-refractivity contribution in [3.63, 3.8) is 0 Å². The number of hydrogen-bond donors (Lipinski definition) is 0. The SMILES string of the molecule is CCC/C=C\C/C=C\CCCCCCCC(=O)OCC(COC(=O)CCCCCCCC)OC(=O)CCCCCCCCCC. The molecule has 262 valence electrons. The monoisotopic (exact) mass is 635 g/mol. The number of carbonyl (C=O) groups is 3. The Bertz CT molecular complexity index is 744. The average molecular weight is 635 g/mol. The van der Waals surface area contributed by atoms with Crippen LogP contribution in [0.25, 0.3) is 0 Å². The number of carbonyl (C=O) groups excluding carboxylic acids is 3. The van der Waals surface area contributed by atoms with Gasteiger partial charge in [-0.25, -0.2) is 0 Å². The van der Waals surface area contributed by atoms with E-state index in [2.05, 4.69) is 45.1 Å². The van der Waals surface area contributed by atoms with Crippen molar-refractivity contribution in [3.8, 4) is 0 Å². The van der Waals surface area contributed by atoms with Crippen LogP contribution in [-0.4, -0.2) is 37.2 Å². The lowest BCUT2D eigenvalue weighted by molar-refractivity contribution is -0.167. The van der Waals surface area contributed by atoms with Gasteiger partial charge in [-0.15, -0.1) is 0 Å². The van der Waals surface area contributed by atoms with Gasteiger partial charge in [-0.1, -0.05) is 148 Å². The Hall–Kier alpha value is -2.11.